The fraction of sp³-hybridized carbons (Fsp3) is 0.111. The van der Waals surface area contributed by atoms with Gasteiger partial charge in [0, 0.05) is 5.56 Å². The van der Waals surface area contributed by atoms with Crippen LogP contribution in [0.15, 0.2) is 28.4 Å². The van der Waals surface area contributed by atoms with Gasteiger partial charge in [0.1, 0.15) is 17.7 Å². The maximum Gasteiger partial charge on any atom is 0.350 e. The number of esters is 1. The molecule has 0 saturated carbocycles. The van der Waals surface area contributed by atoms with Gasteiger partial charge in [0.25, 0.3) is 0 Å². The summed E-state index contributed by atoms with van der Waals surface area (Å²) in [5, 5.41) is 5.23. The summed E-state index contributed by atoms with van der Waals surface area (Å²) in [7, 11) is 0. The lowest BCUT2D eigenvalue weighted by Gasteiger charge is -2.00. The van der Waals surface area contributed by atoms with Crippen LogP contribution in [-0.4, -0.2) is 11.1 Å². The van der Waals surface area contributed by atoms with Crippen molar-refractivity contribution in [2.45, 2.75) is 6.61 Å². The molecule has 0 bridgehead atoms. The molecule has 0 radical (unpaired) electrons. The van der Waals surface area contributed by atoms with Crippen LogP contribution in [0.2, 0.25) is 0 Å². The van der Waals surface area contributed by atoms with Gasteiger partial charge in [0.15, 0.2) is 0 Å². The molecule has 0 unspecified atom stereocenters. The third-order valence-corrected chi connectivity index (χ3v) is 2.64. The molecular weight excluding hydrogens is 216 g/mol. The number of nitrogen functional groups attached to an aromatic ring is 1. The van der Waals surface area contributed by atoms with Crippen molar-refractivity contribution in [1.29, 1.82) is 0 Å². The molecule has 2 rings (SSSR count). The van der Waals surface area contributed by atoms with Gasteiger partial charge in [0.05, 0.1) is 11.9 Å². The average molecular weight is 224 g/mol. The van der Waals surface area contributed by atoms with E-state index in [0.29, 0.717) is 16.1 Å². The fourth-order valence-electron chi connectivity index (χ4n) is 0.997. The summed E-state index contributed by atoms with van der Waals surface area (Å²) in [4.78, 5) is 11.9. The van der Waals surface area contributed by atoms with Gasteiger partial charge in [-0.25, -0.2) is 4.79 Å². The smallest absolute Gasteiger partial charge is 0.350 e. The topological polar surface area (TPSA) is 78.4 Å². The molecule has 2 N–H and O–H groups in total. The van der Waals surface area contributed by atoms with Gasteiger partial charge in [-0.15, -0.1) is 11.3 Å². The number of rotatable bonds is 3. The summed E-state index contributed by atoms with van der Waals surface area (Å²) < 4.78 is 9.60. The second-order valence-corrected chi connectivity index (χ2v) is 3.73. The second kappa shape index (κ2) is 4.14. The van der Waals surface area contributed by atoms with E-state index in [-0.39, 0.29) is 6.61 Å². The Morgan fingerprint density at radius 2 is 2.53 bits per heavy atom. The van der Waals surface area contributed by atoms with Crippen LogP contribution < -0.4 is 5.73 Å². The molecule has 0 atom stereocenters. The van der Waals surface area contributed by atoms with Gasteiger partial charge < -0.3 is 15.0 Å². The van der Waals surface area contributed by atoms with Crippen molar-refractivity contribution in [3.05, 3.63) is 34.3 Å². The molecule has 2 aromatic heterocycles. The van der Waals surface area contributed by atoms with Crippen LogP contribution in [0.1, 0.15) is 15.2 Å². The van der Waals surface area contributed by atoms with Crippen LogP contribution in [0.25, 0.3) is 0 Å². The number of carbonyl (C=O) groups is 1. The van der Waals surface area contributed by atoms with Crippen molar-refractivity contribution in [2.75, 3.05) is 5.73 Å². The first kappa shape index (κ1) is 9.72. The van der Waals surface area contributed by atoms with E-state index in [9.17, 15) is 4.79 Å². The molecule has 0 amide bonds. The number of nitrogens with two attached hydrogens (primary N) is 1. The predicted octanol–water partition coefficient (Wildman–Crippen LogP) is 1.68. The Kier molecular flexibility index (Phi) is 2.68. The van der Waals surface area contributed by atoms with Crippen LogP contribution in [0.4, 0.5) is 5.69 Å². The molecule has 5 nitrogen and oxygen atoms in total. The van der Waals surface area contributed by atoms with Crippen LogP contribution in [-0.2, 0) is 11.3 Å². The SMILES string of the molecule is Nc1ccsc1C(=O)OCc1cnoc1. The average Bonchev–Trinajstić information content (AvgIpc) is 2.84. The number of ether oxygens (including phenoxy) is 1. The van der Waals surface area contributed by atoms with E-state index < -0.39 is 5.97 Å². The highest BCUT2D eigenvalue weighted by atomic mass is 32.1. The van der Waals surface area contributed by atoms with Gasteiger partial charge in [0.2, 0.25) is 0 Å². The lowest BCUT2D eigenvalue weighted by Crippen LogP contribution is -2.05. The standard InChI is InChI=1S/C9H8N2O3S/c10-7-1-2-15-8(7)9(12)13-4-6-3-11-14-5-6/h1-3,5H,4,10H2. The quantitative estimate of drug-likeness (QED) is 0.802. The molecule has 15 heavy (non-hydrogen) atoms. The number of carbonyl (C=O) groups excluding carboxylic acids is 1. The monoisotopic (exact) mass is 224 g/mol. The minimum Gasteiger partial charge on any atom is -0.456 e. The molecule has 0 aromatic carbocycles. The molecule has 0 fully saturated rings. The number of hydrogen-bond acceptors (Lipinski definition) is 6. The Balaban J connectivity index is 1.96. The second-order valence-electron chi connectivity index (χ2n) is 2.81. The Bertz CT molecular complexity index is 450. The largest absolute Gasteiger partial charge is 0.456 e. The normalized spacial score (nSPS) is 10.1. The zero-order valence-corrected chi connectivity index (χ0v) is 8.49. The van der Waals surface area contributed by atoms with Crippen LogP contribution in [0, 0.1) is 0 Å². The summed E-state index contributed by atoms with van der Waals surface area (Å²) in [6, 6.07) is 1.67. The molecule has 0 aliphatic carbocycles. The molecule has 0 spiro atoms. The number of thiophene rings is 1. The summed E-state index contributed by atoms with van der Waals surface area (Å²) >= 11 is 1.26. The highest BCUT2D eigenvalue weighted by molar-refractivity contribution is 7.12. The van der Waals surface area contributed by atoms with Gasteiger partial charge in [-0.05, 0) is 11.4 Å². The first-order valence-electron chi connectivity index (χ1n) is 4.15. The Hall–Kier alpha value is -1.82. The lowest BCUT2D eigenvalue weighted by molar-refractivity contribution is 0.0479. The Morgan fingerprint density at radius 3 is 3.13 bits per heavy atom. The molecule has 78 valence electrons. The molecular formula is C9H8N2O3S. The first-order chi connectivity index (χ1) is 7.27. The van der Waals surface area contributed by atoms with Crippen LogP contribution in [0.3, 0.4) is 0 Å². The van der Waals surface area contributed by atoms with Gasteiger partial charge in [-0.3, -0.25) is 0 Å². The Morgan fingerprint density at radius 1 is 1.67 bits per heavy atom. The number of hydrogen-bond donors (Lipinski definition) is 1. The maximum absolute atomic E-state index is 11.5. The Labute approximate surface area is 89.4 Å². The predicted molar refractivity (Wildman–Crippen MR) is 54.4 cm³/mol. The van der Waals surface area contributed by atoms with E-state index >= 15 is 0 Å². The lowest BCUT2D eigenvalue weighted by atomic mass is 10.4. The summed E-state index contributed by atoms with van der Waals surface area (Å²) in [6.07, 6.45) is 2.91. The fourth-order valence-corrected chi connectivity index (χ4v) is 1.71. The van der Waals surface area contributed by atoms with Crippen molar-refractivity contribution >= 4 is 23.0 Å². The molecule has 2 aromatic rings. The molecule has 2 heterocycles. The molecule has 0 aliphatic heterocycles. The van der Waals surface area contributed by atoms with Gasteiger partial charge >= 0.3 is 5.97 Å². The van der Waals surface area contributed by atoms with E-state index in [4.69, 9.17) is 10.5 Å². The van der Waals surface area contributed by atoms with Crippen molar-refractivity contribution < 1.29 is 14.1 Å². The van der Waals surface area contributed by atoms with Crippen molar-refractivity contribution in [3.8, 4) is 0 Å². The summed E-state index contributed by atoms with van der Waals surface area (Å²) in [5.41, 5.74) is 6.72. The molecule has 6 heteroatoms. The first-order valence-corrected chi connectivity index (χ1v) is 5.03. The van der Waals surface area contributed by atoms with E-state index in [1.807, 2.05) is 0 Å². The highest BCUT2D eigenvalue weighted by Crippen LogP contribution is 2.20. The minimum absolute atomic E-state index is 0.139. The molecule has 0 aliphatic rings. The minimum atomic E-state index is -0.427. The van der Waals surface area contributed by atoms with E-state index in [0.717, 1.165) is 0 Å². The van der Waals surface area contributed by atoms with Crippen LogP contribution in [0.5, 0.6) is 0 Å². The number of nitrogens with zero attached hydrogens (tertiary/aromatic N) is 1. The zero-order valence-electron chi connectivity index (χ0n) is 7.67. The maximum atomic E-state index is 11.5. The third-order valence-electron chi connectivity index (χ3n) is 1.73. The third kappa shape index (κ3) is 2.16. The van der Waals surface area contributed by atoms with Crippen LogP contribution >= 0.6 is 11.3 Å². The van der Waals surface area contributed by atoms with E-state index in [2.05, 4.69) is 9.68 Å². The number of aromatic nitrogens is 1. The number of anilines is 1. The zero-order chi connectivity index (χ0) is 10.7. The van der Waals surface area contributed by atoms with E-state index in [1.54, 1.807) is 11.4 Å². The van der Waals surface area contributed by atoms with Crippen molar-refractivity contribution in [3.63, 3.8) is 0 Å². The summed E-state index contributed by atoms with van der Waals surface area (Å²) in [6.45, 7) is 0.139. The van der Waals surface area contributed by atoms with Crippen molar-refractivity contribution in [1.82, 2.24) is 5.16 Å². The molecule has 0 saturated heterocycles. The summed E-state index contributed by atoms with van der Waals surface area (Å²) in [5.74, 6) is -0.427. The van der Waals surface area contributed by atoms with E-state index in [1.165, 1.54) is 23.8 Å². The van der Waals surface area contributed by atoms with Gasteiger partial charge in [-0.1, -0.05) is 5.16 Å². The van der Waals surface area contributed by atoms with Crippen molar-refractivity contribution in [2.24, 2.45) is 0 Å². The highest BCUT2D eigenvalue weighted by Gasteiger charge is 2.12. The van der Waals surface area contributed by atoms with Gasteiger partial charge in [-0.2, -0.15) is 0 Å².